The van der Waals surface area contributed by atoms with E-state index in [1.165, 1.54) is 19.3 Å². The fraction of sp³-hybridized carbons (Fsp3) is 0.588. The zero-order valence-electron chi connectivity index (χ0n) is 12.6. The van der Waals surface area contributed by atoms with Gasteiger partial charge >= 0.3 is 0 Å². The maximum absolute atomic E-state index is 12.8. The number of aliphatic hydroxyl groups is 1. The highest BCUT2D eigenvalue weighted by Crippen LogP contribution is 2.24. The number of rotatable bonds is 6. The van der Waals surface area contributed by atoms with E-state index >= 15 is 0 Å². The fourth-order valence-electron chi connectivity index (χ4n) is 3.14. The Labute approximate surface area is 126 Å². The number of carbonyl (C=O) groups excluding carboxylic acids is 1. The molecule has 1 aliphatic rings. The van der Waals surface area contributed by atoms with Crippen LogP contribution in [0.25, 0.3) is 0 Å². The molecule has 0 heterocycles. The molecule has 0 atom stereocenters. The minimum atomic E-state index is 0.0186. The summed E-state index contributed by atoms with van der Waals surface area (Å²) in [5.74, 6) is 0.0369. The highest BCUT2D eigenvalue weighted by molar-refractivity contribution is 5.94. The van der Waals surface area contributed by atoms with Crippen LogP contribution >= 0.6 is 0 Å². The zero-order valence-corrected chi connectivity index (χ0v) is 12.6. The van der Waals surface area contributed by atoms with E-state index in [2.05, 4.69) is 0 Å². The average Bonchev–Trinajstić information content (AvgIpc) is 2.53. The number of hydrogen-bond donors (Lipinski definition) is 2. The predicted octanol–water partition coefficient (Wildman–Crippen LogP) is 1.95. The van der Waals surface area contributed by atoms with Crippen LogP contribution in [0.4, 0.5) is 0 Å². The molecule has 0 spiro atoms. The van der Waals surface area contributed by atoms with E-state index in [0.717, 1.165) is 24.8 Å². The molecule has 116 valence electrons. The van der Waals surface area contributed by atoms with Crippen molar-refractivity contribution in [1.82, 2.24) is 4.90 Å². The Morgan fingerprint density at radius 3 is 2.71 bits per heavy atom. The second-order valence-corrected chi connectivity index (χ2v) is 5.75. The SMILES string of the molecule is NCCc1cccc(C(=O)N(CCO)C2CCCCC2)c1. The summed E-state index contributed by atoms with van der Waals surface area (Å²) in [4.78, 5) is 14.6. The van der Waals surface area contributed by atoms with Gasteiger partial charge in [0.1, 0.15) is 0 Å². The van der Waals surface area contributed by atoms with E-state index in [1.807, 2.05) is 29.2 Å². The molecule has 4 nitrogen and oxygen atoms in total. The first kappa shape index (κ1) is 16.0. The Hall–Kier alpha value is -1.39. The van der Waals surface area contributed by atoms with Gasteiger partial charge in [-0.25, -0.2) is 0 Å². The molecule has 0 radical (unpaired) electrons. The van der Waals surface area contributed by atoms with Crippen molar-refractivity contribution in [3.05, 3.63) is 35.4 Å². The van der Waals surface area contributed by atoms with Crippen LogP contribution in [0, 0.1) is 0 Å². The summed E-state index contributed by atoms with van der Waals surface area (Å²) in [5, 5.41) is 9.29. The van der Waals surface area contributed by atoms with Crippen LogP contribution in [0.1, 0.15) is 48.0 Å². The third kappa shape index (κ3) is 4.29. The maximum atomic E-state index is 12.8. The van der Waals surface area contributed by atoms with Gasteiger partial charge in [0.2, 0.25) is 0 Å². The van der Waals surface area contributed by atoms with Crippen molar-refractivity contribution in [3.63, 3.8) is 0 Å². The molecule has 1 saturated carbocycles. The number of nitrogens with two attached hydrogens (primary N) is 1. The Morgan fingerprint density at radius 1 is 1.29 bits per heavy atom. The van der Waals surface area contributed by atoms with Gasteiger partial charge in [-0.2, -0.15) is 0 Å². The predicted molar refractivity (Wildman–Crippen MR) is 84.2 cm³/mol. The van der Waals surface area contributed by atoms with E-state index in [-0.39, 0.29) is 18.6 Å². The van der Waals surface area contributed by atoms with Crippen molar-refractivity contribution >= 4 is 5.91 Å². The number of nitrogens with zero attached hydrogens (tertiary/aromatic N) is 1. The second-order valence-electron chi connectivity index (χ2n) is 5.75. The molecule has 1 amide bonds. The number of amides is 1. The van der Waals surface area contributed by atoms with Crippen LogP contribution in [0.3, 0.4) is 0 Å². The van der Waals surface area contributed by atoms with Gasteiger partial charge in [0.05, 0.1) is 6.61 Å². The van der Waals surface area contributed by atoms with E-state index in [9.17, 15) is 9.90 Å². The molecular formula is C17H26N2O2. The Bertz CT molecular complexity index is 456. The molecule has 2 rings (SSSR count). The van der Waals surface area contributed by atoms with Crippen LogP contribution in [-0.2, 0) is 6.42 Å². The van der Waals surface area contributed by atoms with Crippen LogP contribution in [0.2, 0.25) is 0 Å². The lowest BCUT2D eigenvalue weighted by Gasteiger charge is -2.34. The summed E-state index contributed by atoms with van der Waals surface area (Å²) in [6.07, 6.45) is 6.48. The van der Waals surface area contributed by atoms with Gasteiger partial charge in [0.15, 0.2) is 0 Å². The van der Waals surface area contributed by atoms with Gasteiger partial charge in [-0.05, 0) is 43.5 Å². The first-order valence-corrected chi connectivity index (χ1v) is 7.97. The lowest BCUT2D eigenvalue weighted by molar-refractivity contribution is 0.0585. The first-order valence-electron chi connectivity index (χ1n) is 7.97. The summed E-state index contributed by atoms with van der Waals surface area (Å²) in [5.41, 5.74) is 7.38. The summed E-state index contributed by atoms with van der Waals surface area (Å²) >= 11 is 0. The molecule has 4 heteroatoms. The van der Waals surface area contributed by atoms with Crippen molar-refractivity contribution in [2.45, 2.75) is 44.6 Å². The Morgan fingerprint density at radius 2 is 2.05 bits per heavy atom. The number of hydrogen-bond acceptors (Lipinski definition) is 3. The Kier molecular flexibility index (Phi) is 6.21. The van der Waals surface area contributed by atoms with E-state index in [1.54, 1.807) is 0 Å². The Balaban J connectivity index is 2.14. The third-order valence-corrected chi connectivity index (χ3v) is 4.22. The maximum Gasteiger partial charge on any atom is 0.254 e. The highest BCUT2D eigenvalue weighted by atomic mass is 16.3. The summed E-state index contributed by atoms with van der Waals surface area (Å²) in [6.45, 7) is 1.02. The highest BCUT2D eigenvalue weighted by Gasteiger charge is 2.25. The molecule has 0 unspecified atom stereocenters. The first-order chi connectivity index (χ1) is 10.3. The van der Waals surface area contributed by atoms with Crippen molar-refractivity contribution in [1.29, 1.82) is 0 Å². The molecular weight excluding hydrogens is 264 g/mol. The largest absolute Gasteiger partial charge is 0.395 e. The average molecular weight is 290 g/mol. The lowest BCUT2D eigenvalue weighted by atomic mass is 9.93. The molecule has 0 aliphatic heterocycles. The van der Waals surface area contributed by atoms with Gasteiger partial charge in [-0.1, -0.05) is 31.4 Å². The molecule has 0 bridgehead atoms. The summed E-state index contributed by atoms with van der Waals surface area (Å²) in [7, 11) is 0. The number of benzene rings is 1. The van der Waals surface area contributed by atoms with Crippen molar-refractivity contribution in [2.75, 3.05) is 19.7 Å². The summed E-state index contributed by atoms with van der Waals surface area (Å²) < 4.78 is 0. The fourth-order valence-corrected chi connectivity index (χ4v) is 3.14. The van der Waals surface area contributed by atoms with E-state index < -0.39 is 0 Å². The number of carbonyl (C=O) groups is 1. The van der Waals surface area contributed by atoms with Gasteiger partial charge in [-0.15, -0.1) is 0 Å². The molecule has 0 aromatic heterocycles. The zero-order chi connectivity index (χ0) is 15.1. The third-order valence-electron chi connectivity index (χ3n) is 4.22. The minimum Gasteiger partial charge on any atom is -0.395 e. The van der Waals surface area contributed by atoms with Crippen molar-refractivity contribution < 1.29 is 9.90 Å². The van der Waals surface area contributed by atoms with Gasteiger partial charge in [-0.3, -0.25) is 4.79 Å². The van der Waals surface area contributed by atoms with Gasteiger partial charge in [0.25, 0.3) is 5.91 Å². The van der Waals surface area contributed by atoms with E-state index in [0.29, 0.717) is 18.7 Å². The van der Waals surface area contributed by atoms with Gasteiger partial charge < -0.3 is 15.7 Å². The lowest BCUT2D eigenvalue weighted by Crippen LogP contribution is -2.43. The topological polar surface area (TPSA) is 66.6 Å². The van der Waals surface area contributed by atoms with Crippen molar-refractivity contribution in [3.8, 4) is 0 Å². The van der Waals surface area contributed by atoms with Crippen LogP contribution < -0.4 is 5.73 Å². The van der Waals surface area contributed by atoms with E-state index in [4.69, 9.17) is 5.73 Å². The molecule has 1 aromatic carbocycles. The monoisotopic (exact) mass is 290 g/mol. The smallest absolute Gasteiger partial charge is 0.254 e. The van der Waals surface area contributed by atoms with Crippen LogP contribution in [0.15, 0.2) is 24.3 Å². The molecule has 1 aromatic rings. The normalized spacial score (nSPS) is 15.9. The standard InChI is InChI=1S/C17H26N2O2/c18-10-9-14-5-4-6-15(13-14)17(21)19(11-12-20)16-7-2-1-3-8-16/h4-6,13,16,20H,1-3,7-12,18H2. The van der Waals surface area contributed by atoms with Crippen LogP contribution in [0.5, 0.6) is 0 Å². The van der Waals surface area contributed by atoms with Crippen molar-refractivity contribution in [2.24, 2.45) is 5.73 Å². The second kappa shape index (κ2) is 8.15. The number of aliphatic hydroxyl groups excluding tert-OH is 1. The molecule has 1 fully saturated rings. The van der Waals surface area contributed by atoms with Crippen LogP contribution in [-0.4, -0.2) is 41.7 Å². The molecule has 0 saturated heterocycles. The molecule has 3 N–H and O–H groups in total. The minimum absolute atomic E-state index is 0.0186. The molecule has 1 aliphatic carbocycles. The quantitative estimate of drug-likeness (QED) is 0.841. The summed E-state index contributed by atoms with van der Waals surface area (Å²) in [6, 6.07) is 7.98. The van der Waals surface area contributed by atoms with Gasteiger partial charge in [0, 0.05) is 18.2 Å². The molecule has 21 heavy (non-hydrogen) atoms.